The number of nitriles is 6. The summed E-state index contributed by atoms with van der Waals surface area (Å²) in [4.78, 5) is 48.9. The Morgan fingerprint density at radius 2 is 1.11 bits per heavy atom. The zero-order valence-electron chi connectivity index (χ0n) is 31.2. The van der Waals surface area contributed by atoms with E-state index in [1.54, 1.807) is 0 Å². The number of nitrogens with zero attached hydrogens (tertiary/aromatic N) is 17. The monoisotopic (exact) mass is 786 g/mol. The van der Waals surface area contributed by atoms with Crippen LogP contribution in [0.1, 0.15) is 52.8 Å². The quantitative estimate of drug-likeness (QED) is 0.216. The average Bonchev–Trinajstić information content (AvgIpc) is 3.29. The fourth-order valence-electron chi connectivity index (χ4n) is 7.50. The molecule has 1 N–H and O–H groups in total. The van der Waals surface area contributed by atoms with Gasteiger partial charge in [-0.3, -0.25) is 0 Å². The molecule has 280 valence electrons. The lowest BCUT2D eigenvalue weighted by molar-refractivity contribution is 0.611. The fraction of sp³-hybridized carbons (Fsp3) is 0.0930. The summed E-state index contributed by atoms with van der Waals surface area (Å²) >= 11 is 0. The molecule has 2 aliphatic heterocycles. The lowest BCUT2D eigenvalue weighted by Crippen LogP contribution is -2.36. The first-order chi connectivity index (χ1) is 29.7. The van der Waals surface area contributed by atoms with Crippen molar-refractivity contribution in [2.45, 2.75) is 24.9 Å². The van der Waals surface area contributed by atoms with Crippen LogP contribution in [0.25, 0.3) is 55.8 Å². The molecule has 18 nitrogen and oxygen atoms in total. The Balaban J connectivity index is 1.11. The first-order valence-corrected chi connectivity index (χ1v) is 18.2. The standard InChI is InChI=1S/C43H18N18/c1-43(24-4-7-27-30(11-24)55-42-39(52-27)58-33(16-46)36(19-49)61-42)12-22(20-2-5-25-28(9-20)53-40-37(50-25)56-31(14-44)34(17-47)59-40)8-23(13-43)21-3-6-26-29(10-21)54-41-38(51-26)57-32(15-45)35(18-48)60-41/h2-12,39,52H,13H2,1H3. The molecule has 10 rings (SSSR count). The Kier molecular flexibility index (Phi) is 7.85. The van der Waals surface area contributed by atoms with Crippen molar-refractivity contribution in [3.05, 3.63) is 106 Å². The zero-order valence-corrected chi connectivity index (χ0v) is 31.2. The van der Waals surface area contributed by atoms with Crippen LogP contribution < -0.4 is 5.32 Å². The summed E-state index contributed by atoms with van der Waals surface area (Å²) in [5.41, 5.74) is 6.88. The number of hydrogen-bond donors (Lipinski definition) is 1. The summed E-state index contributed by atoms with van der Waals surface area (Å²) < 4.78 is 0. The van der Waals surface area contributed by atoms with Crippen LogP contribution in [-0.2, 0) is 5.41 Å². The Labute approximate surface area is 342 Å². The molecule has 2 unspecified atom stereocenters. The highest BCUT2D eigenvalue weighted by Gasteiger charge is 2.33. The third-order valence-electron chi connectivity index (χ3n) is 10.4. The van der Waals surface area contributed by atoms with E-state index in [0.29, 0.717) is 39.9 Å². The highest BCUT2D eigenvalue weighted by atomic mass is 15.2. The van der Waals surface area contributed by atoms with E-state index in [2.05, 4.69) is 69.3 Å². The van der Waals surface area contributed by atoms with Gasteiger partial charge in [0.25, 0.3) is 0 Å². The van der Waals surface area contributed by atoms with Crippen LogP contribution >= 0.6 is 0 Å². The van der Waals surface area contributed by atoms with Gasteiger partial charge >= 0.3 is 0 Å². The SMILES string of the molecule is CC1(c2ccc3c(c2)N=C2N=C(C#N)C(C#N)=NC2N3)C=C(c2ccc3nc4nc(C#N)c(C#N)nc4nc3c2)C=C(c2ccc3nc4nc(C#N)c(C#N)nc4nc3c2)C1. The number of rotatable bonds is 3. The molecule has 6 heterocycles. The molecule has 61 heavy (non-hydrogen) atoms. The number of aliphatic imine (C=N–C) groups is 3. The van der Waals surface area contributed by atoms with Crippen molar-refractivity contribution in [1.82, 2.24) is 39.9 Å². The molecule has 0 radical (unpaired) electrons. The van der Waals surface area contributed by atoms with Crippen LogP contribution in [0.15, 0.2) is 81.7 Å². The van der Waals surface area contributed by atoms with E-state index in [1.165, 1.54) is 0 Å². The lowest BCUT2D eigenvalue weighted by Gasteiger charge is -2.34. The van der Waals surface area contributed by atoms with Crippen molar-refractivity contribution in [2.75, 3.05) is 5.32 Å². The van der Waals surface area contributed by atoms with E-state index >= 15 is 0 Å². The second-order valence-electron chi connectivity index (χ2n) is 14.2. The van der Waals surface area contributed by atoms with Gasteiger partial charge in [-0.05, 0) is 70.7 Å². The molecule has 2 atom stereocenters. The van der Waals surface area contributed by atoms with Gasteiger partial charge in [-0.15, -0.1) is 0 Å². The molecule has 1 aliphatic carbocycles. The number of fused-ring (bicyclic) bond motifs is 6. The molecular formula is C43H18N18. The smallest absolute Gasteiger partial charge is 0.199 e. The second kappa shape index (κ2) is 13.4. The summed E-state index contributed by atoms with van der Waals surface area (Å²) in [5, 5.41) is 60.4. The molecule has 18 heteroatoms. The average molecular weight is 787 g/mol. The van der Waals surface area contributed by atoms with Crippen molar-refractivity contribution in [3.63, 3.8) is 0 Å². The van der Waals surface area contributed by atoms with Crippen LogP contribution in [0.4, 0.5) is 11.4 Å². The summed E-state index contributed by atoms with van der Waals surface area (Å²) in [6, 6.07) is 28.6. The van der Waals surface area contributed by atoms with Gasteiger partial charge in [-0.25, -0.2) is 54.8 Å². The molecule has 7 aromatic rings. The van der Waals surface area contributed by atoms with Gasteiger partial charge in [0.2, 0.25) is 0 Å². The van der Waals surface area contributed by atoms with Gasteiger partial charge in [0.15, 0.2) is 68.8 Å². The van der Waals surface area contributed by atoms with Gasteiger partial charge < -0.3 is 5.32 Å². The van der Waals surface area contributed by atoms with Gasteiger partial charge in [-0.1, -0.05) is 37.3 Å². The largest absolute Gasteiger partial charge is 0.356 e. The highest BCUT2D eigenvalue weighted by Crippen LogP contribution is 2.46. The minimum Gasteiger partial charge on any atom is -0.356 e. The number of anilines is 1. The van der Waals surface area contributed by atoms with E-state index in [4.69, 9.17) is 9.98 Å². The number of nitrogens with one attached hydrogen (secondary N) is 1. The molecule has 0 amide bonds. The topological polar surface area (TPSA) is 295 Å². The third-order valence-corrected chi connectivity index (χ3v) is 10.4. The predicted molar refractivity (Wildman–Crippen MR) is 219 cm³/mol. The predicted octanol–water partition coefficient (Wildman–Crippen LogP) is 5.50. The van der Waals surface area contributed by atoms with E-state index in [-0.39, 0.29) is 62.6 Å². The first-order valence-electron chi connectivity index (χ1n) is 18.2. The number of benzene rings is 3. The van der Waals surface area contributed by atoms with E-state index < -0.39 is 11.6 Å². The Hall–Kier alpha value is -9.75. The maximum Gasteiger partial charge on any atom is 0.199 e. The van der Waals surface area contributed by atoms with Gasteiger partial charge in [0.05, 0.1) is 33.4 Å². The Morgan fingerprint density at radius 3 is 1.67 bits per heavy atom. The Morgan fingerprint density at radius 1 is 0.574 bits per heavy atom. The molecule has 0 fully saturated rings. The van der Waals surface area contributed by atoms with Gasteiger partial charge in [0.1, 0.15) is 36.4 Å². The van der Waals surface area contributed by atoms with Crippen LogP contribution in [0.2, 0.25) is 0 Å². The molecular weight excluding hydrogens is 769 g/mol. The highest BCUT2D eigenvalue weighted by molar-refractivity contribution is 6.55. The summed E-state index contributed by atoms with van der Waals surface area (Å²) in [5.74, 6) is 0.270. The van der Waals surface area contributed by atoms with Crippen LogP contribution in [0.3, 0.4) is 0 Å². The van der Waals surface area contributed by atoms with E-state index in [0.717, 1.165) is 27.8 Å². The Bertz CT molecular complexity index is 3650. The zero-order chi connectivity index (χ0) is 42.0. The van der Waals surface area contributed by atoms with Gasteiger partial charge in [-0.2, -0.15) is 31.6 Å². The first kappa shape index (κ1) is 35.6. The van der Waals surface area contributed by atoms with E-state index in [9.17, 15) is 31.6 Å². The van der Waals surface area contributed by atoms with Crippen molar-refractivity contribution in [2.24, 2.45) is 15.0 Å². The summed E-state index contributed by atoms with van der Waals surface area (Å²) in [6.45, 7) is 2.12. The lowest BCUT2D eigenvalue weighted by atomic mass is 9.70. The summed E-state index contributed by atoms with van der Waals surface area (Å²) in [6.07, 6.45) is 4.07. The van der Waals surface area contributed by atoms with E-state index in [1.807, 2.05) is 91.0 Å². The number of aromatic nitrogens is 8. The molecule has 0 spiro atoms. The van der Waals surface area contributed by atoms with Crippen LogP contribution in [-0.4, -0.2) is 63.3 Å². The number of hydrogen-bond acceptors (Lipinski definition) is 18. The van der Waals surface area contributed by atoms with Crippen LogP contribution in [0, 0.1) is 68.0 Å². The maximum absolute atomic E-state index is 9.58. The van der Waals surface area contributed by atoms with Crippen molar-refractivity contribution in [3.8, 4) is 36.4 Å². The molecule has 0 saturated carbocycles. The van der Waals surface area contributed by atoms with Crippen molar-refractivity contribution >= 4 is 84.4 Å². The van der Waals surface area contributed by atoms with Crippen LogP contribution in [0.5, 0.6) is 0 Å². The molecule has 3 aliphatic rings. The molecule has 0 bridgehead atoms. The van der Waals surface area contributed by atoms with Gasteiger partial charge in [0, 0.05) is 5.41 Å². The molecule has 0 saturated heterocycles. The van der Waals surface area contributed by atoms with Crippen molar-refractivity contribution < 1.29 is 0 Å². The van der Waals surface area contributed by atoms with Crippen molar-refractivity contribution in [1.29, 1.82) is 31.6 Å². The normalized spacial score (nSPS) is 17.6. The molecule has 4 aromatic heterocycles. The molecule has 3 aromatic carbocycles. The fourth-order valence-corrected chi connectivity index (χ4v) is 7.50. The number of allylic oxidation sites excluding steroid dienone is 4. The minimum atomic E-state index is -0.714. The maximum atomic E-state index is 9.58. The minimum absolute atomic E-state index is 0.0626. The summed E-state index contributed by atoms with van der Waals surface area (Å²) in [7, 11) is 0. The number of amidine groups is 1. The second-order valence-corrected chi connectivity index (χ2v) is 14.2. The third kappa shape index (κ3) is 5.86.